The molecule has 2 heteroatoms. The van der Waals surface area contributed by atoms with E-state index < -0.39 is 0 Å². The molecule has 37 heavy (non-hydrogen) atoms. The molecular formula is C35H30N2. The lowest BCUT2D eigenvalue weighted by Crippen LogP contribution is -1.99. The maximum Gasteiger partial charge on any atom is 0.0547 e. The highest BCUT2D eigenvalue weighted by Crippen LogP contribution is 2.36. The van der Waals surface area contributed by atoms with Crippen molar-refractivity contribution in [1.29, 1.82) is 0 Å². The number of para-hydroxylation sites is 2. The van der Waals surface area contributed by atoms with Gasteiger partial charge in [-0.2, -0.15) is 0 Å². The zero-order valence-electron chi connectivity index (χ0n) is 21.6. The van der Waals surface area contributed by atoms with Crippen LogP contribution in [0.5, 0.6) is 0 Å². The number of allylic oxidation sites excluding steroid dienone is 3. The fourth-order valence-corrected chi connectivity index (χ4v) is 5.82. The molecule has 2 nitrogen and oxygen atoms in total. The van der Waals surface area contributed by atoms with Crippen molar-refractivity contribution in [2.75, 3.05) is 0 Å². The SMILES string of the molecule is C=Cc1c(C)n(C(C)=CC(=C)n2c3ccccc3c3ccc(-c4ccccc4C)cc32)c2ccccc12. The summed E-state index contributed by atoms with van der Waals surface area (Å²) < 4.78 is 4.61. The van der Waals surface area contributed by atoms with Crippen molar-refractivity contribution in [3.05, 3.63) is 127 Å². The van der Waals surface area contributed by atoms with Crippen molar-refractivity contribution in [2.24, 2.45) is 0 Å². The number of nitrogens with zero attached hydrogens (tertiary/aromatic N) is 2. The van der Waals surface area contributed by atoms with E-state index in [-0.39, 0.29) is 0 Å². The van der Waals surface area contributed by atoms with Crippen LogP contribution in [0, 0.1) is 13.8 Å². The molecule has 0 aliphatic carbocycles. The molecule has 2 heterocycles. The van der Waals surface area contributed by atoms with Gasteiger partial charge in [-0.3, -0.25) is 0 Å². The lowest BCUT2D eigenvalue weighted by molar-refractivity contribution is 1.06. The maximum absolute atomic E-state index is 4.57. The number of hydrogen-bond donors (Lipinski definition) is 0. The van der Waals surface area contributed by atoms with E-state index in [1.807, 2.05) is 6.08 Å². The third-order valence-corrected chi connectivity index (χ3v) is 7.51. The highest BCUT2D eigenvalue weighted by molar-refractivity contribution is 6.11. The molecule has 180 valence electrons. The van der Waals surface area contributed by atoms with Crippen LogP contribution >= 0.6 is 0 Å². The molecule has 0 bridgehead atoms. The fraction of sp³-hybridized carbons (Fsp3) is 0.0857. The first-order chi connectivity index (χ1) is 18.0. The molecular weight excluding hydrogens is 448 g/mol. The molecule has 0 spiro atoms. The van der Waals surface area contributed by atoms with Crippen LogP contribution in [0.1, 0.15) is 23.7 Å². The Hall–Kier alpha value is -4.56. The van der Waals surface area contributed by atoms with Crippen molar-refractivity contribution in [3.63, 3.8) is 0 Å². The minimum absolute atomic E-state index is 0.933. The van der Waals surface area contributed by atoms with Crippen LogP contribution in [0.4, 0.5) is 0 Å². The predicted octanol–water partition coefficient (Wildman–Crippen LogP) is 9.71. The average Bonchev–Trinajstić information content (AvgIpc) is 3.39. The van der Waals surface area contributed by atoms with Crippen LogP contribution in [-0.4, -0.2) is 9.13 Å². The Kier molecular flexibility index (Phi) is 5.46. The Balaban J connectivity index is 1.56. The van der Waals surface area contributed by atoms with Gasteiger partial charge in [-0.15, -0.1) is 0 Å². The Labute approximate surface area is 218 Å². The molecule has 6 aromatic rings. The van der Waals surface area contributed by atoms with Gasteiger partial charge in [0.2, 0.25) is 0 Å². The molecule has 0 saturated heterocycles. The molecule has 0 fully saturated rings. The lowest BCUT2D eigenvalue weighted by Gasteiger charge is -2.13. The number of aryl methyl sites for hydroxylation is 1. The number of rotatable bonds is 5. The second-order valence-electron chi connectivity index (χ2n) is 9.73. The fourth-order valence-electron chi connectivity index (χ4n) is 5.82. The summed E-state index contributed by atoms with van der Waals surface area (Å²) in [7, 11) is 0. The molecule has 0 aliphatic heterocycles. The Bertz CT molecular complexity index is 1890. The summed E-state index contributed by atoms with van der Waals surface area (Å²) in [5.74, 6) is 0. The van der Waals surface area contributed by atoms with Crippen molar-refractivity contribution in [1.82, 2.24) is 9.13 Å². The van der Waals surface area contributed by atoms with Gasteiger partial charge in [0.05, 0.1) is 16.6 Å². The summed E-state index contributed by atoms with van der Waals surface area (Å²) >= 11 is 0. The van der Waals surface area contributed by atoms with E-state index in [9.17, 15) is 0 Å². The molecule has 6 rings (SSSR count). The summed E-state index contributed by atoms with van der Waals surface area (Å²) in [5, 5.41) is 3.68. The Morgan fingerprint density at radius 1 is 0.703 bits per heavy atom. The minimum atomic E-state index is 0.933. The molecule has 4 aromatic carbocycles. The predicted molar refractivity (Wildman–Crippen MR) is 162 cm³/mol. The topological polar surface area (TPSA) is 9.86 Å². The largest absolute Gasteiger partial charge is 0.317 e. The van der Waals surface area contributed by atoms with Gasteiger partial charge in [0, 0.05) is 38.8 Å². The monoisotopic (exact) mass is 478 g/mol. The van der Waals surface area contributed by atoms with E-state index in [1.54, 1.807) is 0 Å². The van der Waals surface area contributed by atoms with E-state index in [2.05, 4.69) is 140 Å². The van der Waals surface area contributed by atoms with Gasteiger partial charge >= 0.3 is 0 Å². The van der Waals surface area contributed by atoms with Crippen molar-refractivity contribution < 1.29 is 0 Å². The first-order valence-corrected chi connectivity index (χ1v) is 12.7. The lowest BCUT2D eigenvalue weighted by atomic mass is 9.99. The number of hydrogen-bond acceptors (Lipinski definition) is 0. The summed E-state index contributed by atoms with van der Waals surface area (Å²) in [4.78, 5) is 0. The second-order valence-corrected chi connectivity index (χ2v) is 9.73. The summed E-state index contributed by atoms with van der Waals surface area (Å²) in [5.41, 5.74) is 11.7. The van der Waals surface area contributed by atoms with Crippen LogP contribution in [0.3, 0.4) is 0 Å². The van der Waals surface area contributed by atoms with Crippen molar-refractivity contribution in [2.45, 2.75) is 20.8 Å². The van der Waals surface area contributed by atoms with Gasteiger partial charge in [0.25, 0.3) is 0 Å². The van der Waals surface area contributed by atoms with Gasteiger partial charge in [-0.05, 0) is 61.7 Å². The molecule has 0 amide bonds. The average molecular weight is 479 g/mol. The molecule has 0 atom stereocenters. The molecule has 0 radical (unpaired) electrons. The Morgan fingerprint density at radius 2 is 1.32 bits per heavy atom. The van der Waals surface area contributed by atoms with Gasteiger partial charge < -0.3 is 9.13 Å². The summed E-state index contributed by atoms with van der Waals surface area (Å²) in [6, 6.07) is 32.5. The Morgan fingerprint density at radius 3 is 2.05 bits per heavy atom. The first-order valence-electron chi connectivity index (χ1n) is 12.7. The smallest absolute Gasteiger partial charge is 0.0547 e. The van der Waals surface area contributed by atoms with Crippen LogP contribution in [0.2, 0.25) is 0 Å². The van der Waals surface area contributed by atoms with Crippen LogP contribution in [0.25, 0.3) is 61.3 Å². The minimum Gasteiger partial charge on any atom is -0.317 e. The number of aromatic nitrogens is 2. The van der Waals surface area contributed by atoms with Crippen LogP contribution < -0.4 is 0 Å². The summed E-state index contributed by atoms with van der Waals surface area (Å²) in [6.07, 6.45) is 4.15. The second kappa shape index (κ2) is 8.83. The van der Waals surface area contributed by atoms with Gasteiger partial charge in [0.1, 0.15) is 0 Å². The normalized spacial score (nSPS) is 12.0. The highest BCUT2D eigenvalue weighted by atomic mass is 15.0. The van der Waals surface area contributed by atoms with Crippen molar-refractivity contribution in [3.8, 4) is 11.1 Å². The molecule has 0 N–H and O–H groups in total. The van der Waals surface area contributed by atoms with Gasteiger partial charge in [-0.25, -0.2) is 0 Å². The number of fused-ring (bicyclic) bond motifs is 4. The summed E-state index contributed by atoms with van der Waals surface area (Å²) in [6.45, 7) is 15.1. The highest BCUT2D eigenvalue weighted by Gasteiger charge is 2.16. The quantitative estimate of drug-likeness (QED) is 0.218. The van der Waals surface area contributed by atoms with Crippen LogP contribution in [0.15, 0.2) is 110 Å². The first kappa shape index (κ1) is 22.9. The van der Waals surface area contributed by atoms with Crippen LogP contribution in [-0.2, 0) is 0 Å². The van der Waals surface area contributed by atoms with E-state index >= 15 is 0 Å². The number of benzene rings is 4. The maximum atomic E-state index is 4.57. The standard InChI is InChI=1S/C35H30N2/c1-6-28-26(5)36(33-17-11-9-15-30(28)33)24(3)21-25(4)37-34-18-12-10-16-31(34)32-20-19-27(22-35(32)37)29-14-8-7-13-23(29)2/h6-22H,1,4H2,2-3,5H3. The molecule has 0 aliphatic rings. The zero-order valence-corrected chi connectivity index (χ0v) is 21.6. The van der Waals surface area contributed by atoms with E-state index in [1.165, 1.54) is 49.6 Å². The van der Waals surface area contributed by atoms with E-state index in [0.717, 1.165) is 22.4 Å². The molecule has 0 saturated carbocycles. The van der Waals surface area contributed by atoms with E-state index in [0.29, 0.717) is 0 Å². The third kappa shape index (κ3) is 3.56. The molecule has 0 unspecified atom stereocenters. The third-order valence-electron chi connectivity index (χ3n) is 7.51. The van der Waals surface area contributed by atoms with Gasteiger partial charge in [-0.1, -0.05) is 92.0 Å². The zero-order chi connectivity index (χ0) is 25.7. The van der Waals surface area contributed by atoms with E-state index in [4.69, 9.17) is 0 Å². The van der Waals surface area contributed by atoms with Crippen molar-refractivity contribution >= 4 is 50.2 Å². The molecule has 2 aromatic heterocycles. The van der Waals surface area contributed by atoms with Gasteiger partial charge in [0.15, 0.2) is 0 Å².